The Bertz CT molecular complexity index is 1620. The molecule has 0 saturated carbocycles. The van der Waals surface area contributed by atoms with Crippen LogP contribution in [0.2, 0.25) is 0 Å². The highest BCUT2D eigenvalue weighted by molar-refractivity contribution is 5.70. The maximum Gasteiger partial charge on any atom is 0.410 e. The fourth-order valence-electron chi connectivity index (χ4n) is 4.96. The van der Waals surface area contributed by atoms with Gasteiger partial charge in [-0.3, -0.25) is 4.98 Å². The molecule has 1 aliphatic rings. The second-order valence-corrected chi connectivity index (χ2v) is 11.6. The number of piperidine rings is 1. The first-order valence-electron chi connectivity index (χ1n) is 13.5. The van der Waals surface area contributed by atoms with Gasteiger partial charge in [0.15, 0.2) is 11.6 Å². The molecule has 11 nitrogen and oxygen atoms in total. The van der Waals surface area contributed by atoms with Crippen molar-refractivity contribution < 1.29 is 32.5 Å². The van der Waals surface area contributed by atoms with E-state index in [1.54, 1.807) is 11.1 Å². The Kier molecular flexibility index (Phi) is 7.60. The van der Waals surface area contributed by atoms with Gasteiger partial charge in [-0.1, -0.05) is 5.21 Å². The van der Waals surface area contributed by atoms with E-state index in [0.29, 0.717) is 43.3 Å². The van der Waals surface area contributed by atoms with Gasteiger partial charge < -0.3 is 19.5 Å². The number of amides is 1. The normalized spacial score (nSPS) is 16.1. The molecule has 1 N–H and O–H groups in total. The summed E-state index contributed by atoms with van der Waals surface area (Å²) in [6.07, 6.45) is 4.36. The third-order valence-corrected chi connectivity index (χ3v) is 7.02. The molecule has 0 spiro atoms. The minimum Gasteiger partial charge on any atom is -0.488 e. The molecule has 5 rings (SSSR count). The molecule has 4 aromatic rings. The highest BCUT2D eigenvalue weighted by atomic mass is 19.1. The van der Waals surface area contributed by atoms with E-state index < -0.39 is 41.0 Å². The quantitative estimate of drug-likeness (QED) is 0.348. The number of carbonyl (C=O) groups excluding carboxylic acids is 1. The van der Waals surface area contributed by atoms with Crippen molar-refractivity contribution in [3.05, 3.63) is 59.6 Å². The number of likely N-dealkylation sites (tertiary alicyclic amines) is 1. The molecule has 1 aliphatic heterocycles. The molecular weight excluding hydrogens is 555 g/mol. The average molecular weight is 588 g/mol. The number of rotatable bonds is 6. The Morgan fingerprint density at radius 1 is 1.10 bits per heavy atom. The molecular formula is C28H32F3N7O4. The van der Waals surface area contributed by atoms with Crippen LogP contribution >= 0.6 is 0 Å². The first-order chi connectivity index (χ1) is 19.7. The Morgan fingerprint density at radius 3 is 2.48 bits per heavy atom. The number of hydrogen-bond donors (Lipinski definition) is 1. The summed E-state index contributed by atoms with van der Waals surface area (Å²) in [7, 11) is 0. The van der Waals surface area contributed by atoms with Crippen molar-refractivity contribution in [1.29, 1.82) is 0 Å². The summed E-state index contributed by atoms with van der Waals surface area (Å²) in [6.45, 7) is 9.10. The lowest BCUT2D eigenvalue weighted by atomic mass is 10.0. The van der Waals surface area contributed by atoms with Gasteiger partial charge in [-0.2, -0.15) is 5.10 Å². The second-order valence-electron chi connectivity index (χ2n) is 11.6. The predicted octanol–water partition coefficient (Wildman–Crippen LogP) is 4.57. The molecule has 1 fully saturated rings. The molecule has 0 aliphatic carbocycles. The highest BCUT2D eigenvalue weighted by Crippen LogP contribution is 2.33. The predicted molar refractivity (Wildman–Crippen MR) is 144 cm³/mol. The van der Waals surface area contributed by atoms with Gasteiger partial charge in [-0.15, -0.1) is 5.10 Å². The molecule has 1 amide bonds. The maximum absolute atomic E-state index is 14.7. The summed E-state index contributed by atoms with van der Waals surface area (Å²) in [5.41, 5.74) is -1.19. The summed E-state index contributed by atoms with van der Waals surface area (Å²) in [5.74, 6) is -2.58. The Morgan fingerprint density at radius 2 is 1.81 bits per heavy atom. The first-order valence-corrected chi connectivity index (χ1v) is 13.5. The molecule has 1 saturated heterocycles. The standard InChI is InChI=1S/C28H32F3N7O4/c1-16-23(34-35-38(16)19-6-8-36(9-7-19)26(39)42-27(2,3)4)17-10-22(24-21(31)13-33-37(24)14-17)41-15-28(5,40)25-20(30)11-18(29)12-32-25/h10-14,19,40H,6-9,15H2,1-5H3. The molecule has 0 radical (unpaired) electrons. The lowest BCUT2D eigenvalue weighted by Gasteiger charge is -2.33. The Labute approximate surface area is 239 Å². The van der Waals surface area contributed by atoms with Crippen LogP contribution in [0.3, 0.4) is 0 Å². The summed E-state index contributed by atoms with van der Waals surface area (Å²) >= 11 is 0. The minimum absolute atomic E-state index is 0.000242. The number of nitrogens with zero attached hydrogens (tertiary/aromatic N) is 7. The van der Waals surface area contributed by atoms with Gasteiger partial charge in [0.2, 0.25) is 0 Å². The van der Waals surface area contributed by atoms with Gasteiger partial charge in [0, 0.05) is 30.9 Å². The summed E-state index contributed by atoms with van der Waals surface area (Å²) in [4.78, 5) is 17.8. The third kappa shape index (κ3) is 5.89. The van der Waals surface area contributed by atoms with Crippen molar-refractivity contribution in [2.24, 2.45) is 0 Å². The number of aliphatic hydroxyl groups is 1. The van der Waals surface area contributed by atoms with Gasteiger partial charge in [0.05, 0.1) is 24.1 Å². The summed E-state index contributed by atoms with van der Waals surface area (Å²) in [5, 5.41) is 23.7. The van der Waals surface area contributed by atoms with E-state index in [1.807, 2.05) is 32.4 Å². The van der Waals surface area contributed by atoms with E-state index in [2.05, 4.69) is 20.4 Å². The fraction of sp³-hybridized carbons (Fsp3) is 0.464. The number of hydrogen-bond acceptors (Lipinski definition) is 8. The van der Waals surface area contributed by atoms with E-state index in [0.717, 1.165) is 18.1 Å². The van der Waals surface area contributed by atoms with Crippen LogP contribution in [-0.4, -0.2) is 71.0 Å². The van der Waals surface area contributed by atoms with Crippen LogP contribution in [0.1, 0.15) is 58.0 Å². The number of pyridine rings is 2. The van der Waals surface area contributed by atoms with E-state index in [1.165, 1.54) is 17.5 Å². The van der Waals surface area contributed by atoms with Crippen molar-refractivity contribution >= 4 is 11.6 Å². The SMILES string of the molecule is Cc1c(-c2cc(OCC(C)(O)c3ncc(F)cc3F)c3c(F)cnn3c2)nnn1C1CCN(C(=O)OC(C)(C)C)CC1. The summed E-state index contributed by atoms with van der Waals surface area (Å²) < 4.78 is 56.7. The van der Waals surface area contributed by atoms with Crippen LogP contribution in [-0.2, 0) is 10.3 Å². The van der Waals surface area contributed by atoms with Crippen LogP contribution in [0.4, 0.5) is 18.0 Å². The molecule has 14 heteroatoms. The van der Waals surface area contributed by atoms with Crippen molar-refractivity contribution in [2.75, 3.05) is 19.7 Å². The zero-order valence-corrected chi connectivity index (χ0v) is 23.9. The highest BCUT2D eigenvalue weighted by Gasteiger charge is 2.32. The number of fused-ring (bicyclic) bond motifs is 1. The average Bonchev–Trinajstić information content (AvgIpc) is 3.48. The Hall–Kier alpha value is -4.20. The maximum atomic E-state index is 14.7. The minimum atomic E-state index is -1.96. The van der Waals surface area contributed by atoms with Gasteiger partial charge in [0.25, 0.3) is 0 Å². The van der Waals surface area contributed by atoms with E-state index in [9.17, 15) is 23.1 Å². The molecule has 224 valence electrons. The second kappa shape index (κ2) is 10.9. The number of ether oxygens (including phenoxy) is 2. The van der Waals surface area contributed by atoms with E-state index >= 15 is 0 Å². The number of halogens is 3. The molecule has 4 aromatic heterocycles. The van der Waals surface area contributed by atoms with Gasteiger partial charge in [-0.25, -0.2) is 27.2 Å². The summed E-state index contributed by atoms with van der Waals surface area (Å²) in [6, 6.07) is 2.15. The molecule has 1 unspecified atom stereocenters. The van der Waals surface area contributed by atoms with Crippen LogP contribution < -0.4 is 4.74 Å². The van der Waals surface area contributed by atoms with Crippen molar-refractivity contribution in [3.8, 4) is 17.0 Å². The van der Waals surface area contributed by atoms with Crippen molar-refractivity contribution in [1.82, 2.24) is 34.5 Å². The molecule has 42 heavy (non-hydrogen) atoms. The van der Waals surface area contributed by atoms with Gasteiger partial charge in [-0.05, 0) is 53.5 Å². The molecule has 0 aromatic carbocycles. The van der Waals surface area contributed by atoms with Gasteiger partial charge in [0.1, 0.15) is 46.3 Å². The number of aromatic nitrogens is 6. The zero-order valence-electron chi connectivity index (χ0n) is 23.9. The van der Waals surface area contributed by atoms with Crippen molar-refractivity contribution in [2.45, 2.75) is 64.7 Å². The largest absolute Gasteiger partial charge is 0.488 e. The van der Waals surface area contributed by atoms with Gasteiger partial charge >= 0.3 is 6.09 Å². The Balaban J connectivity index is 1.37. The molecule has 0 bridgehead atoms. The third-order valence-electron chi connectivity index (χ3n) is 7.02. The fourth-order valence-corrected chi connectivity index (χ4v) is 4.96. The van der Waals surface area contributed by atoms with Crippen LogP contribution in [0, 0.1) is 24.4 Å². The van der Waals surface area contributed by atoms with Crippen LogP contribution in [0.5, 0.6) is 5.75 Å². The first kappa shape index (κ1) is 29.3. The molecule has 1 atom stereocenters. The van der Waals surface area contributed by atoms with Crippen molar-refractivity contribution in [3.63, 3.8) is 0 Å². The van der Waals surface area contributed by atoms with E-state index in [4.69, 9.17) is 9.47 Å². The van der Waals surface area contributed by atoms with E-state index in [-0.39, 0.29) is 23.4 Å². The lowest BCUT2D eigenvalue weighted by Crippen LogP contribution is -2.42. The lowest BCUT2D eigenvalue weighted by molar-refractivity contribution is 0.000930. The molecule has 5 heterocycles. The topological polar surface area (TPSA) is 120 Å². The van der Waals surface area contributed by atoms with Crippen LogP contribution in [0.15, 0.2) is 30.7 Å². The zero-order chi connectivity index (χ0) is 30.4. The monoisotopic (exact) mass is 587 g/mol. The number of carbonyl (C=O) groups is 1. The smallest absolute Gasteiger partial charge is 0.410 e. The van der Waals surface area contributed by atoms with Crippen LogP contribution in [0.25, 0.3) is 16.8 Å².